The average molecular weight is 187 g/mol. The molecule has 0 aromatic rings. The predicted molar refractivity (Wildman–Crippen MR) is 57.9 cm³/mol. The highest BCUT2D eigenvalue weighted by Gasteiger charge is 2.07. The van der Waals surface area contributed by atoms with Crippen LogP contribution in [0.5, 0.6) is 0 Å². The summed E-state index contributed by atoms with van der Waals surface area (Å²) in [4.78, 5) is 2.42. The van der Waals surface area contributed by atoms with Gasteiger partial charge in [-0.3, -0.25) is 0 Å². The highest BCUT2D eigenvalue weighted by atomic mass is 16.3. The first-order valence-electron chi connectivity index (χ1n) is 5.50. The van der Waals surface area contributed by atoms with Crippen molar-refractivity contribution in [3.05, 3.63) is 0 Å². The Bertz CT molecular complexity index is 115. The van der Waals surface area contributed by atoms with E-state index in [9.17, 15) is 0 Å². The third kappa shape index (κ3) is 7.03. The van der Waals surface area contributed by atoms with E-state index < -0.39 is 0 Å². The van der Waals surface area contributed by atoms with E-state index in [0.29, 0.717) is 0 Å². The largest absolute Gasteiger partial charge is 0.393 e. The highest BCUT2D eigenvalue weighted by Crippen LogP contribution is 2.05. The van der Waals surface area contributed by atoms with Crippen molar-refractivity contribution in [2.75, 3.05) is 19.6 Å². The molecule has 0 heterocycles. The van der Waals surface area contributed by atoms with Crippen molar-refractivity contribution in [1.82, 2.24) is 4.90 Å². The second-order valence-electron chi connectivity index (χ2n) is 4.04. The molecule has 0 aliphatic heterocycles. The fourth-order valence-corrected chi connectivity index (χ4v) is 1.32. The first kappa shape index (κ1) is 12.9. The summed E-state index contributed by atoms with van der Waals surface area (Å²) in [6, 6.07) is 0. The van der Waals surface area contributed by atoms with E-state index in [1.807, 2.05) is 6.92 Å². The summed E-state index contributed by atoms with van der Waals surface area (Å²) in [6.45, 7) is 11.8. The van der Waals surface area contributed by atoms with Gasteiger partial charge in [0.05, 0.1) is 6.10 Å². The van der Waals surface area contributed by atoms with E-state index in [2.05, 4.69) is 25.7 Å². The molecule has 0 aliphatic carbocycles. The van der Waals surface area contributed by atoms with Crippen LogP contribution in [0.3, 0.4) is 0 Å². The lowest BCUT2D eigenvalue weighted by atomic mass is 10.1. The maximum absolute atomic E-state index is 9.16. The zero-order valence-corrected chi connectivity index (χ0v) is 9.58. The molecular weight excluding hydrogens is 162 g/mol. The van der Waals surface area contributed by atoms with Gasteiger partial charge < -0.3 is 10.0 Å². The number of nitrogens with zero attached hydrogens (tertiary/aromatic N) is 1. The van der Waals surface area contributed by atoms with Crippen molar-refractivity contribution in [3.8, 4) is 0 Å². The van der Waals surface area contributed by atoms with Crippen molar-refractivity contribution in [1.29, 1.82) is 0 Å². The molecule has 0 aromatic heterocycles. The molecule has 0 saturated carbocycles. The molecule has 0 aromatic carbocycles. The number of rotatable bonds is 7. The second kappa shape index (κ2) is 7.34. The normalized spacial score (nSPS) is 16.2. The number of aliphatic hydroxyl groups excluding tert-OH is 1. The summed E-state index contributed by atoms with van der Waals surface area (Å²) in [7, 11) is 0. The van der Waals surface area contributed by atoms with Gasteiger partial charge in [0.25, 0.3) is 0 Å². The minimum Gasteiger partial charge on any atom is -0.393 e. The maximum Gasteiger partial charge on any atom is 0.0524 e. The average Bonchev–Trinajstić information content (AvgIpc) is 2.11. The smallest absolute Gasteiger partial charge is 0.0524 e. The fraction of sp³-hybridized carbons (Fsp3) is 1.00. The molecule has 13 heavy (non-hydrogen) atoms. The highest BCUT2D eigenvalue weighted by molar-refractivity contribution is 4.61. The Balaban J connectivity index is 3.62. The molecule has 0 amide bonds. The topological polar surface area (TPSA) is 23.5 Å². The Kier molecular flexibility index (Phi) is 7.29. The molecule has 2 heteroatoms. The van der Waals surface area contributed by atoms with Crippen LogP contribution in [0.15, 0.2) is 0 Å². The Morgan fingerprint density at radius 1 is 1.23 bits per heavy atom. The third-order valence-corrected chi connectivity index (χ3v) is 2.58. The fourth-order valence-electron chi connectivity index (χ4n) is 1.32. The third-order valence-electron chi connectivity index (χ3n) is 2.58. The Morgan fingerprint density at radius 2 is 1.85 bits per heavy atom. The first-order valence-corrected chi connectivity index (χ1v) is 5.50. The molecule has 0 saturated heterocycles. The number of aliphatic hydroxyl groups is 1. The number of hydrogen-bond acceptors (Lipinski definition) is 2. The van der Waals surface area contributed by atoms with Gasteiger partial charge in [-0.15, -0.1) is 0 Å². The van der Waals surface area contributed by atoms with Crippen LogP contribution in [0.2, 0.25) is 0 Å². The van der Waals surface area contributed by atoms with Gasteiger partial charge >= 0.3 is 0 Å². The van der Waals surface area contributed by atoms with Gasteiger partial charge in [0, 0.05) is 13.1 Å². The van der Waals surface area contributed by atoms with Gasteiger partial charge in [0.1, 0.15) is 0 Å². The summed E-state index contributed by atoms with van der Waals surface area (Å²) in [6.07, 6.45) is 1.97. The molecule has 1 N–H and O–H groups in total. The van der Waals surface area contributed by atoms with Gasteiger partial charge in [-0.1, -0.05) is 27.2 Å². The van der Waals surface area contributed by atoms with Crippen LogP contribution in [0.25, 0.3) is 0 Å². The van der Waals surface area contributed by atoms with Crippen LogP contribution in [-0.4, -0.2) is 35.7 Å². The Labute approximate surface area is 82.9 Å². The van der Waals surface area contributed by atoms with Crippen LogP contribution in [-0.2, 0) is 0 Å². The first-order chi connectivity index (χ1) is 6.10. The van der Waals surface area contributed by atoms with Gasteiger partial charge in [-0.2, -0.15) is 0 Å². The van der Waals surface area contributed by atoms with Gasteiger partial charge in [-0.05, 0) is 25.8 Å². The molecule has 0 rings (SSSR count). The zero-order valence-electron chi connectivity index (χ0n) is 9.58. The van der Waals surface area contributed by atoms with Gasteiger partial charge in [0.15, 0.2) is 0 Å². The van der Waals surface area contributed by atoms with E-state index in [0.717, 1.165) is 25.4 Å². The van der Waals surface area contributed by atoms with Crippen LogP contribution < -0.4 is 0 Å². The minimum atomic E-state index is -0.161. The summed E-state index contributed by atoms with van der Waals surface area (Å²) >= 11 is 0. The molecule has 2 unspecified atom stereocenters. The molecule has 0 bridgehead atoms. The molecule has 0 radical (unpaired) electrons. The zero-order chi connectivity index (χ0) is 10.3. The predicted octanol–water partition coefficient (Wildman–Crippen LogP) is 2.13. The van der Waals surface area contributed by atoms with Crippen molar-refractivity contribution in [3.63, 3.8) is 0 Å². The monoisotopic (exact) mass is 187 g/mol. The lowest BCUT2D eigenvalue weighted by Gasteiger charge is -2.24. The standard InChI is InChI=1S/C11H25NO/c1-5-10(3)9-12(6-2)8-7-11(4)13/h10-11,13H,5-9H2,1-4H3. The van der Waals surface area contributed by atoms with Gasteiger partial charge in [0.2, 0.25) is 0 Å². The quantitative estimate of drug-likeness (QED) is 0.660. The summed E-state index contributed by atoms with van der Waals surface area (Å²) < 4.78 is 0. The van der Waals surface area contributed by atoms with Crippen molar-refractivity contribution < 1.29 is 5.11 Å². The summed E-state index contributed by atoms with van der Waals surface area (Å²) in [5.41, 5.74) is 0. The maximum atomic E-state index is 9.16. The van der Waals surface area contributed by atoms with Crippen LogP contribution in [0.1, 0.15) is 40.5 Å². The molecule has 0 spiro atoms. The SMILES string of the molecule is CCC(C)CN(CC)CCC(C)O. The summed E-state index contributed by atoms with van der Waals surface area (Å²) in [5, 5.41) is 9.16. The second-order valence-corrected chi connectivity index (χ2v) is 4.04. The molecule has 0 fully saturated rings. The Morgan fingerprint density at radius 3 is 2.23 bits per heavy atom. The van der Waals surface area contributed by atoms with Crippen LogP contribution >= 0.6 is 0 Å². The van der Waals surface area contributed by atoms with Crippen molar-refractivity contribution in [2.24, 2.45) is 5.92 Å². The van der Waals surface area contributed by atoms with E-state index in [4.69, 9.17) is 5.11 Å². The minimum absolute atomic E-state index is 0.161. The molecule has 0 aliphatic rings. The lowest BCUT2D eigenvalue weighted by molar-refractivity contribution is 0.151. The van der Waals surface area contributed by atoms with Crippen LogP contribution in [0.4, 0.5) is 0 Å². The van der Waals surface area contributed by atoms with E-state index in [-0.39, 0.29) is 6.10 Å². The van der Waals surface area contributed by atoms with Crippen molar-refractivity contribution >= 4 is 0 Å². The van der Waals surface area contributed by atoms with E-state index in [1.54, 1.807) is 0 Å². The molecule has 80 valence electrons. The van der Waals surface area contributed by atoms with E-state index in [1.165, 1.54) is 13.0 Å². The van der Waals surface area contributed by atoms with Crippen LogP contribution in [0, 0.1) is 5.92 Å². The molecular formula is C11H25NO. The van der Waals surface area contributed by atoms with Crippen molar-refractivity contribution in [2.45, 2.75) is 46.6 Å². The Hall–Kier alpha value is -0.0800. The number of hydrogen-bond donors (Lipinski definition) is 1. The molecule has 2 nitrogen and oxygen atoms in total. The lowest BCUT2D eigenvalue weighted by Crippen LogP contribution is -2.30. The van der Waals surface area contributed by atoms with Gasteiger partial charge in [-0.25, -0.2) is 0 Å². The molecule has 2 atom stereocenters. The van der Waals surface area contributed by atoms with E-state index >= 15 is 0 Å². The summed E-state index contributed by atoms with van der Waals surface area (Å²) in [5.74, 6) is 0.772.